The Morgan fingerprint density at radius 3 is 2.83 bits per heavy atom. The Bertz CT molecular complexity index is 1060. The molecule has 154 valence electrons. The molecule has 0 saturated carbocycles. The van der Waals surface area contributed by atoms with Crippen molar-refractivity contribution in [3.8, 4) is 11.5 Å². The molecule has 1 atom stereocenters. The summed E-state index contributed by atoms with van der Waals surface area (Å²) in [7, 11) is -3.72. The topological polar surface area (TPSA) is 93.7 Å². The van der Waals surface area contributed by atoms with Gasteiger partial charge in [-0.3, -0.25) is 4.79 Å². The summed E-state index contributed by atoms with van der Waals surface area (Å²) in [6, 6.07) is 8.55. The molecule has 8 heteroatoms. The van der Waals surface area contributed by atoms with Crippen LogP contribution in [-0.4, -0.2) is 27.0 Å². The van der Waals surface area contributed by atoms with Gasteiger partial charge in [0.05, 0.1) is 11.5 Å². The second-order valence-electron chi connectivity index (χ2n) is 7.32. The van der Waals surface area contributed by atoms with Crippen molar-refractivity contribution in [2.75, 3.05) is 11.9 Å². The first-order valence-electron chi connectivity index (χ1n) is 9.73. The molecule has 0 fully saturated rings. The van der Waals surface area contributed by atoms with Gasteiger partial charge in [-0.2, -0.15) is 0 Å². The zero-order valence-electron chi connectivity index (χ0n) is 16.4. The van der Waals surface area contributed by atoms with Crippen LogP contribution in [-0.2, 0) is 34.2 Å². The van der Waals surface area contributed by atoms with E-state index in [2.05, 4.69) is 10.0 Å². The van der Waals surface area contributed by atoms with E-state index in [1.54, 1.807) is 12.1 Å². The molecule has 2 aromatic carbocycles. The minimum atomic E-state index is -3.72. The minimum Gasteiger partial charge on any atom is -0.494 e. The summed E-state index contributed by atoms with van der Waals surface area (Å²) >= 11 is 0. The van der Waals surface area contributed by atoms with Gasteiger partial charge in [-0.05, 0) is 56.2 Å². The molecule has 2 aliphatic rings. The molecule has 0 saturated heterocycles. The monoisotopic (exact) mass is 416 g/mol. The van der Waals surface area contributed by atoms with Crippen LogP contribution in [0.1, 0.15) is 37.0 Å². The SMILES string of the molecule is CCOc1cc2c(cc1CNS(=O)(=O)c1ccc3c(c1)CCC(=O)N3)O[C@H](C)C2. The highest BCUT2D eigenvalue weighted by molar-refractivity contribution is 7.89. The third kappa shape index (κ3) is 4.09. The predicted octanol–water partition coefficient (Wildman–Crippen LogP) is 2.77. The quantitative estimate of drug-likeness (QED) is 0.755. The summed E-state index contributed by atoms with van der Waals surface area (Å²) in [6.45, 7) is 4.48. The molecular weight excluding hydrogens is 392 g/mol. The Labute approximate surface area is 170 Å². The molecular formula is C21H24N2O5S. The number of fused-ring (bicyclic) bond motifs is 2. The fraction of sp³-hybridized carbons (Fsp3) is 0.381. The molecule has 0 radical (unpaired) electrons. The van der Waals surface area contributed by atoms with Gasteiger partial charge in [-0.25, -0.2) is 13.1 Å². The van der Waals surface area contributed by atoms with Crippen LogP contribution in [0.3, 0.4) is 0 Å². The zero-order valence-corrected chi connectivity index (χ0v) is 17.3. The van der Waals surface area contributed by atoms with E-state index in [0.717, 1.165) is 28.9 Å². The number of amides is 1. The molecule has 0 bridgehead atoms. The van der Waals surface area contributed by atoms with Gasteiger partial charge in [-0.15, -0.1) is 0 Å². The smallest absolute Gasteiger partial charge is 0.240 e. The lowest BCUT2D eigenvalue weighted by atomic mass is 10.0. The first-order valence-corrected chi connectivity index (χ1v) is 11.2. The Kier molecular flexibility index (Phi) is 5.23. The number of anilines is 1. The van der Waals surface area contributed by atoms with E-state index in [1.807, 2.05) is 26.0 Å². The van der Waals surface area contributed by atoms with Crippen molar-refractivity contribution >= 4 is 21.6 Å². The summed E-state index contributed by atoms with van der Waals surface area (Å²) in [4.78, 5) is 11.7. The van der Waals surface area contributed by atoms with Crippen molar-refractivity contribution in [2.24, 2.45) is 0 Å². The number of carbonyl (C=O) groups is 1. The molecule has 2 N–H and O–H groups in total. The lowest BCUT2D eigenvalue weighted by molar-refractivity contribution is -0.116. The molecule has 0 aliphatic carbocycles. The fourth-order valence-electron chi connectivity index (χ4n) is 3.69. The molecule has 2 aromatic rings. The molecule has 1 amide bonds. The Hall–Kier alpha value is -2.58. The average molecular weight is 416 g/mol. The minimum absolute atomic E-state index is 0.0529. The van der Waals surface area contributed by atoms with Gasteiger partial charge in [-0.1, -0.05) is 0 Å². The van der Waals surface area contributed by atoms with Gasteiger partial charge in [0.1, 0.15) is 17.6 Å². The summed E-state index contributed by atoms with van der Waals surface area (Å²) in [5.41, 5.74) is 3.30. The first kappa shape index (κ1) is 19.7. The van der Waals surface area contributed by atoms with Crippen molar-refractivity contribution in [1.82, 2.24) is 4.72 Å². The second-order valence-corrected chi connectivity index (χ2v) is 9.09. The molecule has 0 unspecified atom stereocenters. The summed E-state index contributed by atoms with van der Waals surface area (Å²) in [5, 5.41) is 2.76. The highest BCUT2D eigenvalue weighted by atomic mass is 32.2. The number of rotatable bonds is 6. The maximum Gasteiger partial charge on any atom is 0.240 e. The largest absolute Gasteiger partial charge is 0.494 e. The first-order chi connectivity index (χ1) is 13.9. The fourth-order valence-corrected chi connectivity index (χ4v) is 4.75. The van der Waals surface area contributed by atoms with E-state index in [9.17, 15) is 13.2 Å². The molecule has 2 heterocycles. The van der Waals surface area contributed by atoms with E-state index in [0.29, 0.717) is 30.9 Å². The third-order valence-electron chi connectivity index (χ3n) is 5.11. The number of hydrogen-bond donors (Lipinski definition) is 2. The standard InChI is InChI=1S/C21H24N2O5S/c1-3-27-19-10-15-8-13(2)28-20(15)11-16(19)12-22-29(25,26)17-5-6-18-14(9-17)4-7-21(24)23-18/h5-6,9-11,13,22H,3-4,7-8,12H2,1-2H3,(H,23,24)/t13-/m1/s1. The van der Waals surface area contributed by atoms with Crippen molar-refractivity contribution in [2.45, 2.75) is 50.7 Å². The van der Waals surface area contributed by atoms with Crippen molar-refractivity contribution < 1.29 is 22.7 Å². The van der Waals surface area contributed by atoms with Gasteiger partial charge in [0.2, 0.25) is 15.9 Å². The second kappa shape index (κ2) is 7.68. The molecule has 0 aromatic heterocycles. The number of hydrogen-bond acceptors (Lipinski definition) is 5. The number of aryl methyl sites for hydroxylation is 1. The van der Waals surface area contributed by atoms with Crippen LogP contribution in [0.25, 0.3) is 0 Å². The van der Waals surface area contributed by atoms with E-state index in [4.69, 9.17) is 9.47 Å². The van der Waals surface area contributed by atoms with Crippen LogP contribution in [0, 0.1) is 0 Å². The van der Waals surface area contributed by atoms with E-state index >= 15 is 0 Å². The predicted molar refractivity (Wildman–Crippen MR) is 109 cm³/mol. The molecule has 2 aliphatic heterocycles. The third-order valence-corrected chi connectivity index (χ3v) is 6.51. The van der Waals surface area contributed by atoms with Crippen molar-refractivity contribution in [1.29, 1.82) is 0 Å². The van der Waals surface area contributed by atoms with Crippen LogP contribution in [0.5, 0.6) is 11.5 Å². The number of sulfonamides is 1. The maximum absolute atomic E-state index is 12.8. The van der Waals surface area contributed by atoms with E-state index in [-0.39, 0.29) is 23.5 Å². The number of carbonyl (C=O) groups excluding carboxylic acids is 1. The van der Waals surface area contributed by atoms with Gasteiger partial charge in [0.25, 0.3) is 0 Å². The van der Waals surface area contributed by atoms with E-state index in [1.165, 1.54) is 6.07 Å². The number of ether oxygens (including phenoxy) is 2. The normalized spacial score (nSPS) is 17.9. The summed E-state index contributed by atoms with van der Waals surface area (Å²) < 4.78 is 39.9. The number of benzene rings is 2. The Balaban J connectivity index is 1.55. The molecule has 0 spiro atoms. The van der Waals surface area contributed by atoms with Gasteiger partial charge < -0.3 is 14.8 Å². The number of nitrogens with one attached hydrogen (secondary N) is 2. The zero-order chi connectivity index (χ0) is 20.6. The Morgan fingerprint density at radius 1 is 1.21 bits per heavy atom. The summed E-state index contributed by atoms with van der Waals surface area (Å²) in [5.74, 6) is 1.39. The van der Waals surface area contributed by atoms with Crippen LogP contribution in [0.2, 0.25) is 0 Å². The lowest BCUT2D eigenvalue weighted by Gasteiger charge is -2.18. The van der Waals surface area contributed by atoms with Crippen molar-refractivity contribution in [3.05, 3.63) is 47.0 Å². The molecule has 7 nitrogen and oxygen atoms in total. The highest BCUT2D eigenvalue weighted by Crippen LogP contribution is 2.35. The molecule has 4 rings (SSSR count). The van der Waals surface area contributed by atoms with E-state index < -0.39 is 10.0 Å². The van der Waals surface area contributed by atoms with Gasteiger partial charge >= 0.3 is 0 Å². The maximum atomic E-state index is 12.8. The summed E-state index contributed by atoms with van der Waals surface area (Å²) in [6.07, 6.45) is 1.80. The molecule has 29 heavy (non-hydrogen) atoms. The van der Waals surface area contributed by atoms with Crippen LogP contribution < -0.4 is 19.5 Å². The van der Waals surface area contributed by atoms with Crippen LogP contribution in [0.4, 0.5) is 5.69 Å². The van der Waals surface area contributed by atoms with Gasteiger partial charge in [0.15, 0.2) is 0 Å². The van der Waals surface area contributed by atoms with Crippen molar-refractivity contribution in [3.63, 3.8) is 0 Å². The van der Waals surface area contributed by atoms with Crippen LogP contribution in [0.15, 0.2) is 35.2 Å². The average Bonchev–Trinajstić information content (AvgIpc) is 3.04. The van der Waals surface area contributed by atoms with Crippen LogP contribution >= 0.6 is 0 Å². The Morgan fingerprint density at radius 2 is 2.03 bits per heavy atom. The lowest BCUT2D eigenvalue weighted by Crippen LogP contribution is -2.25. The van der Waals surface area contributed by atoms with Gasteiger partial charge in [0, 0.05) is 36.2 Å². The highest BCUT2D eigenvalue weighted by Gasteiger charge is 2.24.